The summed E-state index contributed by atoms with van der Waals surface area (Å²) in [5.41, 5.74) is 1.03. The maximum atomic E-state index is 13.0. The molecule has 0 aromatic heterocycles. The van der Waals surface area contributed by atoms with Crippen molar-refractivity contribution >= 4 is 49.9 Å². The van der Waals surface area contributed by atoms with Crippen molar-refractivity contribution in [1.29, 1.82) is 0 Å². The zero-order valence-corrected chi connectivity index (χ0v) is 19.9. The molecule has 1 fully saturated rings. The van der Waals surface area contributed by atoms with Crippen LogP contribution >= 0.6 is 23.2 Å². The molecule has 1 amide bonds. The fourth-order valence-electron chi connectivity index (χ4n) is 4.11. The summed E-state index contributed by atoms with van der Waals surface area (Å²) in [5, 5.41) is 5.56. The van der Waals surface area contributed by atoms with Gasteiger partial charge in [-0.05, 0) is 54.3 Å². The van der Waals surface area contributed by atoms with Gasteiger partial charge in [0.25, 0.3) is 0 Å². The Labute approximate surface area is 198 Å². The smallest absolute Gasteiger partial charge is 0.246 e. The number of halogens is 2. The van der Waals surface area contributed by atoms with Crippen molar-refractivity contribution in [3.63, 3.8) is 0 Å². The number of amides is 1. The number of nitrogens with zero attached hydrogens (tertiary/aromatic N) is 1. The molecule has 1 aliphatic rings. The molecule has 168 valence electrons. The molecular weight excluding hydrogens is 467 g/mol. The first-order valence-corrected chi connectivity index (χ1v) is 12.7. The van der Waals surface area contributed by atoms with Crippen molar-refractivity contribution in [2.75, 3.05) is 13.1 Å². The summed E-state index contributed by atoms with van der Waals surface area (Å²) in [6.07, 6.45) is 0.884. The standard InChI is InChI=1S/C24H24Cl2N2O3S/c1-16(19-10-9-17-5-2-3-6-20(17)15-19)27-24(29)18-11-13-28(14-12-18)32(30,31)23-21(25)7-4-8-22(23)26/h2-10,15-16,18H,11-14H2,1H3,(H,27,29)/t16-/m1/s1. The van der Waals surface area contributed by atoms with Crippen LogP contribution in [0.4, 0.5) is 0 Å². The van der Waals surface area contributed by atoms with Crippen LogP contribution in [0, 0.1) is 5.92 Å². The van der Waals surface area contributed by atoms with Gasteiger partial charge in [-0.2, -0.15) is 4.31 Å². The minimum absolute atomic E-state index is 0.0570. The van der Waals surface area contributed by atoms with Gasteiger partial charge < -0.3 is 5.32 Å². The first kappa shape index (κ1) is 23.1. The molecule has 1 saturated heterocycles. The van der Waals surface area contributed by atoms with Crippen LogP contribution in [-0.4, -0.2) is 31.7 Å². The average Bonchev–Trinajstić information content (AvgIpc) is 2.78. The van der Waals surface area contributed by atoms with E-state index in [1.165, 1.54) is 16.4 Å². The molecule has 1 heterocycles. The van der Waals surface area contributed by atoms with Gasteiger partial charge in [0.05, 0.1) is 16.1 Å². The second kappa shape index (κ2) is 9.40. The third-order valence-corrected chi connectivity index (χ3v) is 8.83. The fourth-order valence-corrected chi connectivity index (χ4v) is 6.67. The summed E-state index contributed by atoms with van der Waals surface area (Å²) in [4.78, 5) is 12.8. The molecule has 1 atom stereocenters. The van der Waals surface area contributed by atoms with Gasteiger partial charge in [0, 0.05) is 19.0 Å². The van der Waals surface area contributed by atoms with Gasteiger partial charge in [0.1, 0.15) is 4.90 Å². The van der Waals surface area contributed by atoms with Crippen molar-refractivity contribution in [3.05, 3.63) is 76.3 Å². The first-order valence-electron chi connectivity index (χ1n) is 10.5. The van der Waals surface area contributed by atoms with E-state index in [0.29, 0.717) is 12.8 Å². The van der Waals surface area contributed by atoms with E-state index in [9.17, 15) is 13.2 Å². The number of nitrogens with one attached hydrogen (secondary N) is 1. The minimum atomic E-state index is -3.82. The summed E-state index contributed by atoms with van der Waals surface area (Å²) in [5.74, 6) is -0.301. The van der Waals surface area contributed by atoms with Crippen LogP contribution in [0.15, 0.2) is 65.6 Å². The highest BCUT2D eigenvalue weighted by molar-refractivity contribution is 7.89. The summed E-state index contributed by atoms with van der Waals surface area (Å²) in [7, 11) is -3.82. The van der Waals surface area contributed by atoms with Crippen molar-refractivity contribution in [2.45, 2.75) is 30.7 Å². The minimum Gasteiger partial charge on any atom is -0.349 e. The highest BCUT2D eigenvalue weighted by atomic mass is 35.5. The number of benzene rings is 3. The quantitative estimate of drug-likeness (QED) is 0.518. The molecule has 0 saturated carbocycles. The number of carbonyl (C=O) groups excluding carboxylic acids is 1. The summed E-state index contributed by atoms with van der Waals surface area (Å²) < 4.78 is 27.4. The lowest BCUT2D eigenvalue weighted by Gasteiger charge is -2.31. The molecule has 4 rings (SSSR count). The average molecular weight is 491 g/mol. The van der Waals surface area contributed by atoms with Crippen LogP contribution in [-0.2, 0) is 14.8 Å². The highest BCUT2D eigenvalue weighted by Gasteiger charge is 2.34. The predicted octanol–water partition coefficient (Wildman–Crippen LogP) is 5.42. The molecule has 0 aliphatic carbocycles. The van der Waals surface area contributed by atoms with Gasteiger partial charge in [0.2, 0.25) is 15.9 Å². The Morgan fingerprint density at radius 3 is 2.25 bits per heavy atom. The molecule has 0 spiro atoms. The molecular formula is C24H24Cl2N2O3S. The lowest BCUT2D eigenvalue weighted by molar-refractivity contribution is -0.126. The topological polar surface area (TPSA) is 66.5 Å². The summed E-state index contributed by atoms with van der Waals surface area (Å²) in [6, 6.07) is 18.7. The Bertz CT molecular complexity index is 1230. The summed E-state index contributed by atoms with van der Waals surface area (Å²) >= 11 is 12.2. The van der Waals surface area contributed by atoms with Crippen LogP contribution in [0.1, 0.15) is 31.4 Å². The molecule has 5 nitrogen and oxygen atoms in total. The Balaban J connectivity index is 1.40. The number of piperidine rings is 1. The van der Waals surface area contributed by atoms with E-state index in [1.807, 2.05) is 25.1 Å². The van der Waals surface area contributed by atoms with Gasteiger partial charge in [-0.1, -0.05) is 65.7 Å². The first-order chi connectivity index (χ1) is 15.3. The van der Waals surface area contributed by atoms with E-state index in [1.54, 1.807) is 6.07 Å². The molecule has 0 bridgehead atoms. The Morgan fingerprint density at radius 1 is 0.969 bits per heavy atom. The fraction of sp³-hybridized carbons (Fsp3) is 0.292. The van der Waals surface area contributed by atoms with E-state index in [-0.39, 0.29) is 45.9 Å². The normalized spacial score (nSPS) is 16.7. The number of hydrogen-bond donors (Lipinski definition) is 1. The molecule has 1 N–H and O–H groups in total. The third-order valence-electron chi connectivity index (χ3n) is 5.97. The lowest BCUT2D eigenvalue weighted by atomic mass is 9.96. The summed E-state index contributed by atoms with van der Waals surface area (Å²) in [6.45, 7) is 2.44. The molecule has 0 unspecified atom stereocenters. The second-order valence-corrected chi connectivity index (χ2v) is 10.8. The molecule has 3 aromatic rings. The van der Waals surface area contributed by atoms with Crippen LogP contribution in [0.25, 0.3) is 10.8 Å². The van der Waals surface area contributed by atoms with Crippen LogP contribution in [0.5, 0.6) is 0 Å². The van der Waals surface area contributed by atoms with E-state index in [4.69, 9.17) is 23.2 Å². The number of fused-ring (bicyclic) bond motifs is 1. The van der Waals surface area contributed by atoms with Gasteiger partial charge in [-0.15, -0.1) is 0 Å². The zero-order chi connectivity index (χ0) is 22.9. The van der Waals surface area contributed by atoms with Crippen LogP contribution < -0.4 is 5.32 Å². The number of sulfonamides is 1. The van der Waals surface area contributed by atoms with E-state index >= 15 is 0 Å². The van der Waals surface area contributed by atoms with Crippen molar-refractivity contribution in [1.82, 2.24) is 9.62 Å². The number of rotatable bonds is 5. The van der Waals surface area contributed by atoms with Crippen molar-refractivity contribution in [2.24, 2.45) is 5.92 Å². The molecule has 3 aromatic carbocycles. The second-order valence-electron chi connectivity index (χ2n) is 8.07. The Hall–Kier alpha value is -2.12. The largest absolute Gasteiger partial charge is 0.349 e. The number of carbonyl (C=O) groups is 1. The van der Waals surface area contributed by atoms with Gasteiger partial charge in [-0.25, -0.2) is 8.42 Å². The van der Waals surface area contributed by atoms with Gasteiger partial charge in [-0.3, -0.25) is 4.79 Å². The maximum Gasteiger partial charge on any atom is 0.246 e. The zero-order valence-electron chi connectivity index (χ0n) is 17.6. The van der Waals surface area contributed by atoms with E-state index in [2.05, 4.69) is 29.6 Å². The van der Waals surface area contributed by atoms with Crippen LogP contribution in [0.3, 0.4) is 0 Å². The van der Waals surface area contributed by atoms with Gasteiger partial charge in [0.15, 0.2) is 0 Å². The van der Waals surface area contributed by atoms with E-state index in [0.717, 1.165) is 16.3 Å². The SMILES string of the molecule is C[C@@H](NC(=O)C1CCN(S(=O)(=O)c2c(Cl)cccc2Cl)CC1)c1ccc2ccccc2c1. The third kappa shape index (κ3) is 4.64. The molecule has 1 aliphatic heterocycles. The van der Waals surface area contributed by atoms with Crippen molar-refractivity contribution in [3.8, 4) is 0 Å². The lowest BCUT2D eigenvalue weighted by Crippen LogP contribution is -2.43. The highest BCUT2D eigenvalue weighted by Crippen LogP contribution is 2.33. The predicted molar refractivity (Wildman–Crippen MR) is 128 cm³/mol. The number of hydrogen-bond acceptors (Lipinski definition) is 3. The van der Waals surface area contributed by atoms with Crippen molar-refractivity contribution < 1.29 is 13.2 Å². The molecule has 8 heteroatoms. The Kier molecular flexibility index (Phi) is 6.77. The van der Waals surface area contributed by atoms with Crippen LogP contribution in [0.2, 0.25) is 10.0 Å². The Morgan fingerprint density at radius 2 is 1.59 bits per heavy atom. The maximum absolute atomic E-state index is 13.0. The molecule has 32 heavy (non-hydrogen) atoms. The molecule has 0 radical (unpaired) electrons. The van der Waals surface area contributed by atoms with Gasteiger partial charge >= 0.3 is 0 Å². The van der Waals surface area contributed by atoms with E-state index < -0.39 is 10.0 Å². The monoisotopic (exact) mass is 490 g/mol.